The van der Waals surface area contributed by atoms with E-state index in [1.807, 2.05) is 26.0 Å². The molecule has 3 heterocycles. The lowest BCUT2D eigenvalue weighted by Gasteiger charge is -2.05. The minimum Gasteiger partial charge on any atom is -0.368 e. The molecule has 0 unspecified atom stereocenters. The molecule has 4 aromatic rings. The molecule has 28 heavy (non-hydrogen) atoms. The largest absolute Gasteiger partial charge is 0.368 e. The van der Waals surface area contributed by atoms with Gasteiger partial charge in [0.2, 0.25) is 5.89 Å². The Hall–Kier alpha value is -2.71. The number of anilines is 1. The van der Waals surface area contributed by atoms with Crippen molar-refractivity contribution in [2.75, 3.05) is 11.9 Å². The highest BCUT2D eigenvalue weighted by molar-refractivity contribution is 6.35. The van der Waals surface area contributed by atoms with Crippen molar-refractivity contribution in [2.24, 2.45) is 0 Å². The van der Waals surface area contributed by atoms with Crippen LogP contribution in [0.15, 0.2) is 34.9 Å². The predicted molar refractivity (Wildman–Crippen MR) is 107 cm³/mol. The number of hydrogen-bond acceptors (Lipinski definition) is 7. The molecule has 0 aliphatic heterocycles. The second-order valence-electron chi connectivity index (χ2n) is 6.55. The summed E-state index contributed by atoms with van der Waals surface area (Å²) < 4.78 is 6.90. The molecule has 4 rings (SSSR count). The van der Waals surface area contributed by atoms with E-state index >= 15 is 0 Å². The van der Waals surface area contributed by atoms with Gasteiger partial charge in [-0.1, -0.05) is 42.2 Å². The molecule has 0 amide bonds. The first-order chi connectivity index (χ1) is 13.5. The van der Waals surface area contributed by atoms with Crippen LogP contribution in [0.4, 0.5) is 5.82 Å². The fraction of sp³-hybridized carbons (Fsp3) is 0.278. The van der Waals surface area contributed by atoms with E-state index in [1.165, 1.54) is 0 Å². The molecule has 0 aliphatic rings. The Labute approximate surface area is 170 Å². The third-order valence-corrected chi connectivity index (χ3v) is 4.47. The maximum atomic E-state index is 6.10. The Kier molecular flexibility index (Phi) is 5.15. The van der Waals surface area contributed by atoms with Crippen LogP contribution in [0.1, 0.15) is 31.5 Å². The number of benzene rings is 1. The number of fused-ring (bicyclic) bond motifs is 1. The Balaban J connectivity index is 1.52. The van der Waals surface area contributed by atoms with Crippen molar-refractivity contribution < 1.29 is 4.52 Å². The monoisotopic (exact) mass is 417 g/mol. The van der Waals surface area contributed by atoms with Crippen LogP contribution in [-0.2, 0) is 6.42 Å². The van der Waals surface area contributed by atoms with E-state index in [9.17, 15) is 0 Å². The summed E-state index contributed by atoms with van der Waals surface area (Å²) in [6.07, 6.45) is 0.596. The summed E-state index contributed by atoms with van der Waals surface area (Å²) in [7, 11) is 0. The molecule has 0 bridgehead atoms. The highest BCUT2D eigenvalue weighted by Crippen LogP contribution is 2.26. The summed E-state index contributed by atoms with van der Waals surface area (Å²) in [6.45, 7) is 4.64. The molecule has 0 saturated carbocycles. The molecular weight excluding hydrogens is 401 g/mol. The first kappa shape index (κ1) is 18.6. The smallest absolute Gasteiger partial charge is 0.228 e. The van der Waals surface area contributed by atoms with Gasteiger partial charge < -0.3 is 9.84 Å². The number of nitrogens with one attached hydrogen (secondary N) is 1. The van der Waals surface area contributed by atoms with Crippen molar-refractivity contribution in [1.82, 2.24) is 30.0 Å². The van der Waals surface area contributed by atoms with Gasteiger partial charge in [-0.15, -0.1) is 15.3 Å². The molecule has 0 fully saturated rings. The molecular formula is C18H17Cl2N7O. The van der Waals surface area contributed by atoms with Crippen molar-refractivity contribution >= 4 is 34.7 Å². The third-order valence-electron chi connectivity index (χ3n) is 4.03. The molecule has 0 aliphatic carbocycles. The highest BCUT2D eigenvalue weighted by Gasteiger charge is 2.12. The Morgan fingerprint density at radius 1 is 1.11 bits per heavy atom. The number of rotatable bonds is 6. The molecule has 0 atom stereocenters. The second-order valence-corrected chi connectivity index (χ2v) is 7.42. The van der Waals surface area contributed by atoms with Crippen molar-refractivity contribution in [3.05, 3.63) is 52.1 Å². The number of hydrogen-bond donors (Lipinski definition) is 1. The topological polar surface area (TPSA) is 94.0 Å². The van der Waals surface area contributed by atoms with Gasteiger partial charge in [-0.2, -0.15) is 9.50 Å². The van der Waals surface area contributed by atoms with Gasteiger partial charge in [0.15, 0.2) is 17.3 Å². The van der Waals surface area contributed by atoms with Gasteiger partial charge in [0.25, 0.3) is 0 Å². The fourth-order valence-electron chi connectivity index (χ4n) is 2.65. The fourth-order valence-corrected chi connectivity index (χ4v) is 3.17. The van der Waals surface area contributed by atoms with E-state index in [1.54, 1.807) is 22.7 Å². The first-order valence-corrected chi connectivity index (χ1v) is 9.50. The minimum atomic E-state index is 0.238. The van der Waals surface area contributed by atoms with Crippen LogP contribution in [0.25, 0.3) is 17.0 Å². The maximum Gasteiger partial charge on any atom is 0.228 e. The summed E-state index contributed by atoms with van der Waals surface area (Å²) in [5, 5.41) is 21.2. The van der Waals surface area contributed by atoms with Gasteiger partial charge in [0, 0.05) is 34.5 Å². The van der Waals surface area contributed by atoms with Crippen LogP contribution in [0.2, 0.25) is 10.0 Å². The number of aromatic nitrogens is 6. The van der Waals surface area contributed by atoms with E-state index in [0.717, 1.165) is 5.56 Å². The van der Waals surface area contributed by atoms with Gasteiger partial charge in [0.05, 0.1) is 0 Å². The minimum absolute atomic E-state index is 0.238. The predicted octanol–water partition coefficient (Wildman–Crippen LogP) is 4.26. The molecule has 10 heteroatoms. The average molecular weight is 418 g/mol. The summed E-state index contributed by atoms with van der Waals surface area (Å²) >= 11 is 12.2. The molecule has 1 aromatic carbocycles. The zero-order valence-electron chi connectivity index (χ0n) is 15.2. The molecule has 0 spiro atoms. The normalized spacial score (nSPS) is 11.5. The lowest BCUT2D eigenvalue weighted by atomic mass is 10.2. The van der Waals surface area contributed by atoms with Gasteiger partial charge in [0.1, 0.15) is 5.82 Å². The van der Waals surface area contributed by atoms with Gasteiger partial charge >= 0.3 is 0 Å². The van der Waals surface area contributed by atoms with Crippen LogP contribution < -0.4 is 5.32 Å². The van der Waals surface area contributed by atoms with Crippen LogP contribution in [0.5, 0.6) is 0 Å². The average Bonchev–Trinajstić information content (AvgIpc) is 3.27. The zero-order valence-corrected chi connectivity index (χ0v) is 16.7. The third kappa shape index (κ3) is 3.93. The summed E-state index contributed by atoms with van der Waals surface area (Å²) in [5.74, 6) is 2.77. The zero-order chi connectivity index (χ0) is 19.7. The van der Waals surface area contributed by atoms with Crippen LogP contribution in [0.3, 0.4) is 0 Å². The van der Waals surface area contributed by atoms with E-state index in [-0.39, 0.29) is 5.92 Å². The Morgan fingerprint density at radius 2 is 1.89 bits per heavy atom. The summed E-state index contributed by atoms with van der Waals surface area (Å²) in [4.78, 5) is 4.36. The molecule has 0 radical (unpaired) electrons. The summed E-state index contributed by atoms with van der Waals surface area (Å²) in [6, 6.07) is 8.88. The van der Waals surface area contributed by atoms with Crippen LogP contribution >= 0.6 is 23.2 Å². The van der Waals surface area contributed by atoms with E-state index in [0.29, 0.717) is 52.0 Å². The van der Waals surface area contributed by atoms with Crippen molar-refractivity contribution in [3.8, 4) is 11.4 Å². The lowest BCUT2D eigenvalue weighted by Crippen LogP contribution is -2.08. The number of nitrogens with zero attached hydrogens (tertiary/aromatic N) is 6. The number of halogens is 2. The van der Waals surface area contributed by atoms with Crippen LogP contribution in [0, 0.1) is 0 Å². The summed E-state index contributed by atoms with van der Waals surface area (Å²) in [5.41, 5.74) is 1.36. The van der Waals surface area contributed by atoms with E-state index in [4.69, 9.17) is 27.7 Å². The van der Waals surface area contributed by atoms with Crippen LogP contribution in [-0.4, -0.2) is 36.5 Å². The quantitative estimate of drug-likeness (QED) is 0.500. The van der Waals surface area contributed by atoms with Crippen molar-refractivity contribution in [2.45, 2.75) is 26.2 Å². The SMILES string of the molecule is CC(C)c1noc(CCNc2ccc3nnc(-c4cc(Cl)cc(Cl)c4)n3n2)n1. The highest BCUT2D eigenvalue weighted by atomic mass is 35.5. The Bertz CT molecular complexity index is 1100. The van der Waals surface area contributed by atoms with Crippen molar-refractivity contribution in [1.29, 1.82) is 0 Å². The first-order valence-electron chi connectivity index (χ1n) is 8.75. The van der Waals surface area contributed by atoms with E-state index in [2.05, 4.69) is 30.8 Å². The molecule has 3 aromatic heterocycles. The molecule has 1 N–H and O–H groups in total. The standard InChI is InChI=1S/C18H17Cl2N7O/c1-10(2)17-22-16(28-26-17)5-6-21-14-3-4-15-23-24-18(27(15)25-14)11-7-12(19)9-13(20)8-11/h3-4,7-10H,5-6H2,1-2H3,(H,21,25). The van der Waals surface area contributed by atoms with Gasteiger partial charge in [-0.05, 0) is 30.3 Å². The lowest BCUT2D eigenvalue weighted by molar-refractivity contribution is 0.373. The van der Waals surface area contributed by atoms with Crippen molar-refractivity contribution in [3.63, 3.8) is 0 Å². The second kappa shape index (κ2) is 7.73. The van der Waals surface area contributed by atoms with Gasteiger partial charge in [-0.25, -0.2) is 0 Å². The van der Waals surface area contributed by atoms with E-state index < -0.39 is 0 Å². The Morgan fingerprint density at radius 3 is 2.61 bits per heavy atom. The molecule has 144 valence electrons. The molecule has 0 saturated heterocycles. The van der Waals surface area contributed by atoms with Gasteiger partial charge in [-0.3, -0.25) is 0 Å². The maximum absolute atomic E-state index is 6.10. The molecule has 8 nitrogen and oxygen atoms in total.